The first-order valence-corrected chi connectivity index (χ1v) is 8.82. The van der Waals surface area contributed by atoms with Gasteiger partial charge in [0.2, 0.25) is 5.91 Å². The van der Waals surface area contributed by atoms with Crippen molar-refractivity contribution in [3.05, 3.63) is 60.2 Å². The number of imidazole rings is 1. The first-order valence-electron chi connectivity index (χ1n) is 8.82. The second-order valence-corrected chi connectivity index (χ2v) is 6.55. The molecule has 0 aliphatic carbocycles. The van der Waals surface area contributed by atoms with Gasteiger partial charge in [0.25, 0.3) is 0 Å². The number of piperazine rings is 1. The van der Waals surface area contributed by atoms with E-state index in [0.717, 1.165) is 16.9 Å². The molecule has 3 aromatic rings. The van der Waals surface area contributed by atoms with Crippen molar-refractivity contribution < 1.29 is 9.18 Å². The molecule has 1 amide bonds. The topological polar surface area (TPSA) is 41.4 Å². The molecule has 4 rings (SSSR count). The Labute approximate surface area is 151 Å². The number of para-hydroxylation sites is 3. The highest BCUT2D eigenvalue weighted by Crippen LogP contribution is 2.21. The van der Waals surface area contributed by atoms with E-state index < -0.39 is 0 Å². The summed E-state index contributed by atoms with van der Waals surface area (Å²) in [6, 6.07) is 14.6. The molecule has 0 atom stereocenters. The largest absolute Gasteiger partial charge is 0.366 e. The van der Waals surface area contributed by atoms with Gasteiger partial charge in [-0.15, -0.1) is 0 Å². The molecular formula is C20H21FN4O. The van der Waals surface area contributed by atoms with Gasteiger partial charge in [-0.25, -0.2) is 9.37 Å². The molecule has 0 N–H and O–H groups in total. The number of aryl methyl sites for hydroxylation is 1. The SMILES string of the molecule is Cc1nc2ccccc2n1CC(=O)N1CCN(c2ccccc2F)CC1. The zero-order valence-corrected chi connectivity index (χ0v) is 14.7. The van der Waals surface area contributed by atoms with Gasteiger partial charge in [-0.2, -0.15) is 0 Å². The highest BCUT2D eigenvalue weighted by Gasteiger charge is 2.23. The van der Waals surface area contributed by atoms with Gasteiger partial charge in [-0.3, -0.25) is 4.79 Å². The van der Waals surface area contributed by atoms with E-state index in [1.807, 2.05) is 51.6 Å². The van der Waals surface area contributed by atoms with E-state index in [4.69, 9.17) is 0 Å². The zero-order valence-electron chi connectivity index (χ0n) is 14.7. The van der Waals surface area contributed by atoms with E-state index >= 15 is 0 Å². The van der Waals surface area contributed by atoms with Gasteiger partial charge in [-0.1, -0.05) is 24.3 Å². The molecule has 26 heavy (non-hydrogen) atoms. The zero-order chi connectivity index (χ0) is 18.1. The van der Waals surface area contributed by atoms with Crippen LogP contribution in [0.2, 0.25) is 0 Å². The fraction of sp³-hybridized carbons (Fsp3) is 0.300. The summed E-state index contributed by atoms with van der Waals surface area (Å²) < 4.78 is 15.9. The number of carbonyl (C=O) groups is 1. The van der Waals surface area contributed by atoms with Gasteiger partial charge in [0.15, 0.2) is 0 Å². The van der Waals surface area contributed by atoms with E-state index in [9.17, 15) is 9.18 Å². The second-order valence-electron chi connectivity index (χ2n) is 6.55. The third-order valence-electron chi connectivity index (χ3n) is 4.96. The van der Waals surface area contributed by atoms with Gasteiger partial charge in [0.1, 0.15) is 18.2 Å². The van der Waals surface area contributed by atoms with Gasteiger partial charge >= 0.3 is 0 Å². The van der Waals surface area contributed by atoms with Crippen molar-refractivity contribution in [2.24, 2.45) is 0 Å². The van der Waals surface area contributed by atoms with E-state index in [0.29, 0.717) is 31.9 Å². The van der Waals surface area contributed by atoms with Crippen LogP contribution in [0.4, 0.5) is 10.1 Å². The van der Waals surface area contributed by atoms with Crippen LogP contribution in [0.3, 0.4) is 0 Å². The van der Waals surface area contributed by atoms with E-state index in [2.05, 4.69) is 4.98 Å². The summed E-state index contributed by atoms with van der Waals surface area (Å²) >= 11 is 0. The monoisotopic (exact) mass is 352 g/mol. The Kier molecular flexibility index (Phi) is 4.32. The lowest BCUT2D eigenvalue weighted by molar-refractivity contribution is -0.132. The maximum absolute atomic E-state index is 13.9. The fourth-order valence-electron chi connectivity index (χ4n) is 3.54. The fourth-order valence-corrected chi connectivity index (χ4v) is 3.54. The number of amides is 1. The molecule has 134 valence electrons. The average Bonchev–Trinajstić information content (AvgIpc) is 2.98. The molecule has 1 aliphatic heterocycles. The van der Waals surface area contributed by atoms with Crippen molar-refractivity contribution in [2.45, 2.75) is 13.5 Å². The number of nitrogens with zero attached hydrogens (tertiary/aromatic N) is 4. The summed E-state index contributed by atoms with van der Waals surface area (Å²) in [6.45, 7) is 4.67. The minimum atomic E-state index is -0.215. The summed E-state index contributed by atoms with van der Waals surface area (Å²) in [7, 11) is 0. The molecule has 1 fully saturated rings. The highest BCUT2D eigenvalue weighted by molar-refractivity contribution is 5.81. The van der Waals surface area contributed by atoms with Crippen LogP contribution in [0, 0.1) is 12.7 Å². The number of anilines is 1. The highest BCUT2D eigenvalue weighted by atomic mass is 19.1. The molecule has 1 aromatic heterocycles. The number of fused-ring (bicyclic) bond motifs is 1. The molecule has 6 heteroatoms. The Hall–Kier alpha value is -2.89. The van der Waals surface area contributed by atoms with Crippen molar-refractivity contribution in [3.8, 4) is 0 Å². The Morgan fingerprint density at radius 1 is 1.04 bits per heavy atom. The molecular weight excluding hydrogens is 331 g/mol. The predicted octanol–water partition coefficient (Wildman–Crippen LogP) is 2.83. The van der Waals surface area contributed by atoms with Crippen molar-refractivity contribution >= 4 is 22.6 Å². The van der Waals surface area contributed by atoms with Crippen molar-refractivity contribution in [3.63, 3.8) is 0 Å². The normalized spacial score (nSPS) is 14.8. The Morgan fingerprint density at radius 2 is 1.73 bits per heavy atom. The molecule has 2 heterocycles. The Bertz CT molecular complexity index is 944. The molecule has 0 saturated carbocycles. The maximum atomic E-state index is 13.9. The molecule has 0 unspecified atom stereocenters. The molecule has 5 nitrogen and oxygen atoms in total. The van der Waals surface area contributed by atoms with Crippen LogP contribution in [-0.4, -0.2) is 46.5 Å². The summed E-state index contributed by atoms with van der Waals surface area (Å²) in [5.41, 5.74) is 2.49. The standard InChI is InChI=1S/C20H21FN4O/c1-15-22-17-7-3-5-9-19(17)25(15)14-20(26)24-12-10-23(11-13-24)18-8-4-2-6-16(18)21/h2-9H,10-14H2,1H3. The summed E-state index contributed by atoms with van der Waals surface area (Å²) in [6.07, 6.45) is 0. The second kappa shape index (κ2) is 6.78. The number of aromatic nitrogens is 2. The van der Waals surface area contributed by atoms with E-state index in [1.165, 1.54) is 6.07 Å². The van der Waals surface area contributed by atoms with E-state index in [-0.39, 0.29) is 18.3 Å². The van der Waals surface area contributed by atoms with Gasteiger partial charge in [0, 0.05) is 26.2 Å². The lowest BCUT2D eigenvalue weighted by Gasteiger charge is -2.36. The minimum Gasteiger partial charge on any atom is -0.366 e. The third-order valence-corrected chi connectivity index (χ3v) is 4.96. The minimum absolute atomic E-state index is 0.0736. The van der Waals surface area contributed by atoms with Crippen LogP contribution in [0.25, 0.3) is 11.0 Å². The summed E-state index contributed by atoms with van der Waals surface area (Å²) in [5.74, 6) is 0.696. The van der Waals surface area contributed by atoms with Crippen molar-refractivity contribution in [2.75, 3.05) is 31.1 Å². The van der Waals surface area contributed by atoms with Crippen LogP contribution >= 0.6 is 0 Å². The average molecular weight is 352 g/mol. The molecule has 1 saturated heterocycles. The number of benzene rings is 2. The molecule has 2 aromatic carbocycles. The maximum Gasteiger partial charge on any atom is 0.242 e. The van der Waals surface area contributed by atoms with Crippen LogP contribution in [0.1, 0.15) is 5.82 Å². The van der Waals surface area contributed by atoms with Crippen LogP contribution in [0.15, 0.2) is 48.5 Å². The molecule has 0 radical (unpaired) electrons. The lowest BCUT2D eigenvalue weighted by Crippen LogP contribution is -2.49. The summed E-state index contributed by atoms with van der Waals surface area (Å²) in [5, 5.41) is 0. The number of hydrogen-bond donors (Lipinski definition) is 0. The molecule has 0 bridgehead atoms. The first-order chi connectivity index (χ1) is 12.6. The first kappa shape index (κ1) is 16.6. The number of halogens is 1. The molecule has 0 spiro atoms. The number of rotatable bonds is 3. The van der Waals surface area contributed by atoms with Crippen LogP contribution in [0.5, 0.6) is 0 Å². The number of hydrogen-bond acceptors (Lipinski definition) is 3. The number of carbonyl (C=O) groups excluding carboxylic acids is 1. The quantitative estimate of drug-likeness (QED) is 0.728. The van der Waals surface area contributed by atoms with Gasteiger partial charge in [-0.05, 0) is 31.2 Å². The van der Waals surface area contributed by atoms with Gasteiger partial charge in [0.05, 0.1) is 16.7 Å². The predicted molar refractivity (Wildman–Crippen MR) is 99.7 cm³/mol. The van der Waals surface area contributed by atoms with Crippen LogP contribution in [-0.2, 0) is 11.3 Å². The van der Waals surface area contributed by atoms with Crippen LogP contribution < -0.4 is 4.90 Å². The van der Waals surface area contributed by atoms with Crippen molar-refractivity contribution in [1.29, 1.82) is 0 Å². The lowest BCUT2D eigenvalue weighted by atomic mass is 10.2. The smallest absolute Gasteiger partial charge is 0.242 e. The Morgan fingerprint density at radius 3 is 2.50 bits per heavy atom. The third kappa shape index (κ3) is 3.03. The van der Waals surface area contributed by atoms with E-state index in [1.54, 1.807) is 12.1 Å². The van der Waals surface area contributed by atoms with Gasteiger partial charge < -0.3 is 14.4 Å². The van der Waals surface area contributed by atoms with Crippen molar-refractivity contribution in [1.82, 2.24) is 14.5 Å². The molecule has 1 aliphatic rings. The Balaban J connectivity index is 1.44. The summed E-state index contributed by atoms with van der Waals surface area (Å²) in [4.78, 5) is 21.1.